The Balaban J connectivity index is 2.04. The Bertz CT molecular complexity index is 447. The highest BCUT2D eigenvalue weighted by molar-refractivity contribution is 5.83. The fourth-order valence-electron chi connectivity index (χ4n) is 3.04. The van der Waals surface area contributed by atoms with E-state index in [0.717, 1.165) is 31.2 Å². The van der Waals surface area contributed by atoms with E-state index in [1.165, 1.54) is 12.0 Å². The average molecular weight is 274 g/mol. The third-order valence-electron chi connectivity index (χ3n) is 4.61. The Morgan fingerprint density at radius 2 is 1.85 bits per heavy atom. The van der Waals surface area contributed by atoms with Gasteiger partial charge in [0.15, 0.2) is 0 Å². The minimum atomic E-state index is -0.336. The van der Waals surface area contributed by atoms with Crippen LogP contribution in [0.2, 0.25) is 0 Å². The highest BCUT2D eigenvalue weighted by Crippen LogP contribution is 2.36. The summed E-state index contributed by atoms with van der Waals surface area (Å²) >= 11 is 0. The topological polar surface area (TPSA) is 55.1 Å². The number of nitrogens with two attached hydrogens (primary N) is 1. The molecule has 3 nitrogen and oxygen atoms in total. The summed E-state index contributed by atoms with van der Waals surface area (Å²) in [4.78, 5) is 12.6. The molecular weight excluding hydrogens is 248 g/mol. The summed E-state index contributed by atoms with van der Waals surface area (Å²) in [6.07, 6.45) is 5.31. The molecule has 1 aromatic rings. The number of aryl methyl sites for hydroxylation is 1. The molecule has 0 unspecified atom stereocenters. The van der Waals surface area contributed by atoms with Crippen LogP contribution in [0, 0.1) is 12.3 Å². The molecule has 1 aromatic carbocycles. The second-order valence-corrected chi connectivity index (χ2v) is 6.15. The van der Waals surface area contributed by atoms with Crippen LogP contribution in [0.1, 0.15) is 56.2 Å². The molecular formula is C17H26N2O. The molecule has 1 aliphatic carbocycles. The molecule has 0 radical (unpaired) electrons. The van der Waals surface area contributed by atoms with E-state index in [9.17, 15) is 4.79 Å². The largest absolute Gasteiger partial charge is 0.349 e. The third kappa shape index (κ3) is 3.21. The van der Waals surface area contributed by atoms with Crippen LogP contribution in [0.4, 0.5) is 0 Å². The van der Waals surface area contributed by atoms with E-state index in [1.54, 1.807) is 0 Å². The van der Waals surface area contributed by atoms with Gasteiger partial charge < -0.3 is 11.1 Å². The molecule has 0 saturated heterocycles. The first-order valence-electron chi connectivity index (χ1n) is 7.65. The summed E-state index contributed by atoms with van der Waals surface area (Å²) in [6.45, 7) is 4.56. The van der Waals surface area contributed by atoms with Crippen LogP contribution < -0.4 is 11.1 Å². The van der Waals surface area contributed by atoms with Crippen LogP contribution in [-0.2, 0) is 4.79 Å². The second kappa shape index (κ2) is 6.40. The van der Waals surface area contributed by atoms with Gasteiger partial charge in [-0.05, 0) is 32.3 Å². The first-order chi connectivity index (χ1) is 9.57. The number of hydrogen-bond acceptors (Lipinski definition) is 2. The quantitative estimate of drug-likeness (QED) is 0.886. The molecule has 1 amide bonds. The van der Waals surface area contributed by atoms with Crippen molar-refractivity contribution in [2.75, 3.05) is 6.54 Å². The normalized spacial score (nSPS) is 19.4. The van der Waals surface area contributed by atoms with Crippen molar-refractivity contribution in [1.82, 2.24) is 5.32 Å². The fourth-order valence-corrected chi connectivity index (χ4v) is 3.04. The first-order valence-corrected chi connectivity index (χ1v) is 7.65. The van der Waals surface area contributed by atoms with E-state index < -0.39 is 0 Å². The predicted octanol–water partition coefficient (Wildman–Crippen LogP) is 3.08. The molecule has 20 heavy (non-hydrogen) atoms. The van der Waals surface area contributed by atoms with Crippen LogP contribution >= 0.6 is 0 Å². The van der Waals surface area contributed by atoms with Gasteiger partial charge in [-0.1, -0.05) is 49.1 Å². The lowest BCUT2D eigenvalue weighted by Crippen LogP contribution is -2.47. The number of nitrogens with one attached hydrogen (secondary N) is 1. The van der Waals surface area contributed by atoms with Crippen LogP contribution in [0.25, 0.3) is 0 Å². The van der Waals surface area contributed by atoms with Crippen molar-refractivity contribution in [3.63, 3.8) is 0 Å². The molecule has 3 heteroatoms. The molecule has 1 fully saturated rings. The first kappa shape index (κ1) is 15.0. The van der Waals surface area contributed by atoms with E-state index in [4.69, 9.17) is 5.73 Å². The Morgan fingerprint density at radius 3 is 2.40 bits per heavy atom. The Kier molecular flexibility index (Phi) is 4.81. The molecule has 1 aliphatic rings. The van der Waals surface area contributed by atoms with Gasteiger partial charge in [-0.3, -0.25) is 4.79 Å². The van der Waals surface area contributed by atoms with Crippen LogP contribution in [0.3, 0.4) is 0 Å². The number of carbonyl (C=O) groups excluding carboxylic acids is 1. The van der Waals surface area contributed by atoms with Gasteiger partial charge >= 0.3 is 0 Å². The molecule has 3 N–H and O–H groups in total. The lowest BCUT2D eigenvalue weighted by Gasteiger charge is -2.35. The maximum absolute atomic E-state index is 12.6. The molecule has 0 aliphatic heterocycles. The SMILES string of the molecule is Cc1ccc([C@H](C)NC(=O)C2(CN)CCCCC2)cc1. The smallest absolute Gasteiger partial charge is 0.227 e. The maximum atomic E-state index is 12.6. The second-order valence-electron chi connectivity index (χ2n) is 6.15. The molecule has 0 aromatic heterocycles. The fraction of sp³-hybridized carbons (Fsp3) is 0.588. The zero-order valence-corrected chi connectivity index (χ0v) is 12.6. The van der Waals surface area contributed by atoms with Crippen molar-refractivity contribution in [3.05, 3.63) is 35.4 Å². The van der Waals surface area contributed by atoms with Gasteiger partial charge in [0.05, 0.1) is 11.5 Å². The van der Waals surface area contributed by atoms with E-state index in [2.05, 4.69) is 36.5 Å². The molecule has 110 valence electrons. The standard InChI is InChI=1S/C17H26N2O/c1-13-6-8-15(9-7-13)14(2)19-16(20)17(12-18)10-4-3-5-11-17/h6-9,14H,3-5,10-12,18H2,1-2H3,(H,19,20)/t14-/m0/s1. The summed E-state index contributed by atoms with van der Waals surface area (Å²) in [5.74, 6) is 0.132. The third-order valence-corrected chi connectivity index (χ3v) is 4.61. The van der Waals surface area contributed by atoms with E-state index >= 15 is 0 Å². The average Bonchev–Trinajstić information content (AvgIpc) is 2.48. The molecule has 2 rings (SSSR count). The minimum absolute atomic E-state index is 0.0356. The highest BCUT2D eigenvalue weighted by Gasteiger charge is 2.38. The summed E-state index contributed by atoms with van der Waals surface area (Å²) in [5.41, 5.74) is 7.96. The molecule has 1 saturated carbocycles. The Hall–Kier alpha value is -1.35. The number of benzene rings is 1. The van der Waals surface area contributed by atoms with Crippen LogP contribution in [-0.4, -0.2) is 12.5 Å². The van der Waals surface area contributed by atoms with Crippen molar-refractivity contribution >= 4 is 5.91 Å². The Morgan fingerprint density at radius 1 is 1.25 bits per heavy atom. The van der Waals surface area contributed by atoms with Gasteiger partial charge in [0.1, 0.15) is 0 Å². The van der Waals surface area contributed by atoms with Gasteiger partial charge in [-0.15, -0.1) is 0 Å². The van der Waals surface area contributed by atoms with Crippen molar-refractivity contribution in [2.45, 2.75) is 52.0 Å². The lowest BCUT2D eigenvalue weighted by molar-refractivity contribution is -0.133. The minimum Gasteiger partial charge on any atom is -0.349 e. The molecule has 0 spiro atoms. The molecule has 1 atom stereocenters. The zero-order chi connectivity index (χ0) is 14.6. The van der Waals surface area contributed by atoms with Crippen LogP contribution in [0.15, 0.2) is 24.3 Å². The van der Waals surface area contributed by atoms with Crippen molar-refractivity contribution in [3.8, 4) is 0 Å². The number of amides is 1. The summed E-state index contributed by atoms with van der Waals surface area (Å²) in [6, 6.07) is 8.36. The summed E-state index contributed by atoms with van der Waals surface area (Å²) in [7, 11) is 0. The van der Waals surface area contributed by atoms with Gasteiger partial charge in [-0.25, -0.2) is 0 Å². The van der Waals surface area contributed by atoms with E-state index in [-0.39, 0.29) is 17.4 Å². The zero-order valence-electron chi connectivity index (χ0n) is 12.6. The summed E-state index contributed by atoms with van der Waals surface area (Å²) in [5, 5.41) is 3.16. The number of rotatable bonds is 4. The number of carbonyl (C=O) groups is 1. The summed E-state index contributed by atoms with van der Waals surface area (Å²) < 4.78 is 0. The molecule has 0 bridgehead atoms. The molecule has 0 heterocycles. The monoisotopic (exact) mass is 274 g/mol. The van der Waals surface area contributed by atoms with Gasteiger partial charge in [0.25, 0.3) is 0 Å². The lowest BCUT2D eigenvalue weighted by atomic mass is 9.73. The van der Waals surface area contributed by atoms with Crippen molar-refractivity contribution in [2.24, 2.45) is 11.1 Å². The van der Waals surface area contributed by atoms with Crippen molar-refractivity contribution < 1.29 is 4.79 Å². The maximum Gasteiger partial charge on any atom is 0.227 e. The van der Waals surface area contributed by atoms with Gasteiger partial charge in [-0.2, -0.15) is 0 Å². The van der Waals surface area contributed by atoms with E-state index in [1.807, 2.05) is 6.92 Å². The van der Waals surface area contributed by atoms with Gasteiger partial charge in [0, 0.05) is 6.54 Å². The van der Waals surface area contributed by atoms with E-state index in [0.29, 0.717) is 6.54 Å². The number of hydrogen-bond donors (Lipinski definition) is 2. The highest BCUT2D eigenvalue weighted by atomic mass is 16.2. The van der Waals surface area contributed by atoms with Crippen molar-refractivity contribution in [1.29, 1.82) is 0 Å². The van der Waals surface area contributed by atoms with Gasteiger partial charge in [0.2, 0.25) is 5.91 Å². The predicted molar refractivity (Wildman–Crippen MR) is 82.3 cm³/mol. The van der Waals surface area contributed by atoms with Crippen LogP contribution in [0.5, 0.6) is 0 Å². The Labute approximate surface area is 121 Å².